The van der Waals surface area contributed by atoms with Crippen LogP contribution in [0.15, 0.2) is 42.6 Å². The smallest absolute Gasteiger partial charge is 0.252 e. The van der Waals surface area contributed by atoms with Crippen molar-refractivity contribution in [1.29, 1.82) is 5.26 Å². The molecule has 0 bridgehead atoms. The summed E-state index contributed by atoms with van der Waals surface area (Å²) in [6, 6.07) is 13.7. The van der Waals surface area contributed by atoms with Gasteiger partial charge in [-0.25, -0.2) is 9.67 Å². The van der Waals surface area contributed by atoms with Gasteiger partial charge in [-0.3, -0.25) is 9.89 Å². The maximum atomic E-state index is 13.1. The molecule has 0 spiro atoms. The van der Waals surface area contributed by atoms with Gasteiger partial charge in [0.15, 0.2) is 11.5 Å². The number of hydrogen-bond acceptors (Lipinski definition) is 6. The second kappa shape index (κ2) is 8.89. The lowest BCUT2D eigenvalue weighted by molar-refractivity contribution is 0.0955. The Morgan fingerprint density at radius 1 is 1.31 bits per heavy atom. The van der Waals surface area contributed by atoms with E-state index in [4.69, 9.17) is 16.0 Å². The predicted octanol–water partition coefficient (Wildman–Crippen LogP) is 3.22. The Hall–Kier alpha value is -4.19. The van der Waals surface area contributed by atoms with Gasteiger partial charge >= 0.3 is 0 Å². The van der Waals surface area contributed by atoms with E-state index in [1.165, 1.54) is 0 Å². The number of pyridine rings is 1. The fourth-order valence-corrected chi connectivity index (χ4v) is 3.60. The third-order valence-electron chi connectivity index (χ3n) is 5.24. The van der Waals surface area contributed by atoms with Crippen LogP contribution in [-0.2, 0) is 6.42 Å². The van der Waals surface area contributed by atoms with E-state index in [-0.39, 0.29) is 17.8 Å². The highest BCUT2D eigenvalue weighted by Gasteiger charge is 2.18. The molecule has 162 valence electrons. The molecule has 0 aliphatic rings. The number of amides is 1. The third kappa shape index (κ3) is 4.03. The molecule has 1 amide bonds. The van der Waals surface area contributed by atoms with Crippen molar-refractivity contribution >= 4 is 22.8 Å². The molecule has 4 aromatic rings. The lowest BCUT2D eigenvalue weighted by Gasteiger charge is -2.11. The zero-order valence-electron chi connectivity index (χ0n) is 18.0. The summed E-state index contributed by atoms with van der Waals surface area (Å²) in [5.74, 6) is 0.00355. The number of H-pyrrole nitrogens is 1. The number of rotatable bonds is 7. The number of nitrogens with two attached hydrogens (primary N) is 1. The summed E-state index contributed by atoms with van der Waals surface area (Å²) in [6.45, 7) is 4.49. The van der Waals surface area contributed by atoms with Crippen molar-refractivity contribution in [1.82, 2.24) is 30.3 Å². The summed E-state index contributed by atoms with van der Waals surface area (Å²) in [5.41, 5.74) is 9.57. The highest BCUT2D eigenvalue weighted by Crippen LogP contribution is 2.26. The van der Waals surface area contributed by atoms with Crippen LogP contribution in [0.5, 0.6) is 0 Å². The predicted molar refractivity (Wildman–Crippen MR) is 122 cm³/mol. The molecule has 0 atom stereocenters. The third-order valence-corrected chi connectivity index (χ3v) is 5.24. The molecule has 0 saturated carbocycles. The molecule has 32 heavy (non-hydrogen) atoms. The van der Waals surface area contributed by atoms with E-state index in [0.717, 1.165) is 11.3 Å². The van der Waals surface area contributed by atoms with Gasteiger partial charge in [-0.15, -0.1) is 0 Å². The SMILES string of the molecule is CC(C)n1ncc2c(C(=O)NCCCc3[nH]nc(N)c3C#N)cc(-c3ccccc3)nc21. The van der Waals surface area contributed by atoms with Gasteiger partial charge in [0.2, 0.25) is 0 Å². The number of nitrogens with one attached hydrogen (secondary N) is 2. The lowest BCUT2D eigenvalue weighted by atomic mass is 10.1. The van der Waals surface area contributed by atoms with Crippen LogP contribution in [0.2, 0.25) is 0 Å². The molecular weight excluding hydrogens is 404 g/mol. The number of benzene rings is 1. The molecule has 4 N–H and O–H groups in total. The van der Waals surface area contributed by atoms with Crippen molar-refractivity contribution in [2.45, 2.75) is 32.7 Å². The van der Waals surface area contributed by atoms with E-state index < -0.39 is 0 Å². The van der Waals surface area contributed by atoms with Gasteiger partial charge in [-0.05, 0) is 32.8 Å². The molecule has 9 heteroatoms. The molecular formula is C23H24N8O. The molecule has 3 aromatic heterocycles. The van der Waals surface area contributed by atoms with Gasteiger partial charge < -0.3 is 11.1 Å². The number of fused-ring (bicyclic) bond motifs is 1. The number of anilines is 1. The summed E-state index contributed by atoms with van der Waals surface area (Å²) in [4.78, 5) is 17.9. The van der Waals surface area contributed by atoms with Gasteiger partial charge in [0.1, 0.15) is 11.6 Å². The number of aromatic nitrogens is 5. The highest BCUT2D eigenvalue weighted by atomic mass is 16.1. The Bertz CT molecular complexity index is 1300. The van der Waals surface area contributed by atoms with Crippen LogP contribution >= 0.6 is 0 Å². The van der Waals surface area contributed by atoms with E-state index in [2.05, 4.69) is 26.7 Å². The number of carbonyl (C=O) groups excluding carboxylic acids is 1. The lowest BCUT2D eigenvalue weighted by Crippen LogP contribution is -2.25. The molecule has 0 aliphatic heterocycles. The van der Waals surface area contributed by atoms with E-state index in [1.807, 2.05) is 54.9 Å². The van der Waals surface area contributed by atoms with Crippen molar-refractivity contribution < 1.29 is 4.79 Å². The number of nitrogens with zero attached hydrogens (tertiary/aromatic N) is 5. The van der Waals surface area contributed by atoms with Crippen molar-refractivity contribution in [3.63, 3.8) is 0 Å². The Morgan fingerprint density at radius 3 is 2.81 bits per heavy atom. The molecule has 1 aromatic carbocycles. The van der Waals surface area contributed by atoms with Crippen molar-refractivity contribution in [3.8, 4) is 17.3 Å². The first kappa shape index (κ1) is 21.1. The second-order valence-electron chi connectivity index (χ2n) is 7.77. The maximum Gasteiger partial charge on any atom is 0.252 e. The number of carbonyl (C=O) groups is 1. The zero-order valence-corrected chi connectivity index (χ0v) is 18.0. The van der Waals surface area contributed by atoms with Crippen molar-refractivity contribution in [2.24, 2.45) is 0 Å². The standard InChI is InChI=1S/C23H24N8O/c1-14(2)31-22-18(13-27-31)16(11-20(28-22)15-7-4-3-5-8-15)23(32)26-10-6-9-19-17(12-24)21(25)30-29-19/h3-5,7-8,11,13-14H,6,9-10H2,1-2H3,(H,26,32)(H3,25,29,30). The Balaban J connectivity index is 1.57. The van der Waals surface area contributed by atoms with Gasteiger partial charge in [-0.1, -0.05) is 30.3 Å². The van der Waals surface area contributed by atoms with Crippen LogP contribution in [-0.4, -0.2) is 37.4 Å². The minimum Gasteiger partial charge on any atom is -0.381 e. The minimum atomic E-state index is -0.192. The highest BCUT2D eigenvalue weighted by molar-refractivity contribution is 6.06. The van der Waals surface area contributed by atoms with Crippen LogP contribution < -0.4 is 11.1 Å². The Morgan fingerprint density at radius 2 is 2.09 bits per heavy atom. The van der Waals surface area contributed by atoms with Crippen LogP contribution in [0.1, 0.15) is 47.9 Å². The molecule has 0 unspecified atom stereocenters. The van der Waals surface area contributed by atoms with Crippen molar-refractivity contribution in [2.75, 3.05) is 12.3 Å². The monoisotopic (exact) mass is 428 g/mol. The Labute approximate surface area is 185 Å². The van der Waals surface area contributed by atoms with Gasteiger partial charge in [-0.2, -0.15) is 15.5 Å². The van der Waals surface area contributed by atoms with Gasteiger partial charge in [0, 0.05) is 18.2 Å². The van der Waals surface area contributed by atoms with Crippen LogP contribution in [0.25, 0.3) is 22.3 Å². The number of hydrogen-bond donors (Lipinski definition) is 3. The number of nitriles is 1. The topological polar surface area (TPSA) is 138 Å². The normalized spacial score (nSPS) is 11.1. The summed E-state index contributed by atoms with van der Waals surface area (Å²) in [7, 11) is 0. The summed E-state index contributed by atoms with van der Waals surface area (Å²) >= 11 is 0. The second-order valence-corrected chi connectivity index (χ2v) is 7.77. The maximum absolute atomic E-state index is 13.1. The molecule has 9 nitrogen and oxygen atoms in total. The summed E-state index contributed by atoms with van der Waals surface area (Å²) in [6.07, 6.45) is 2.88. The fraction of sp³-hybridized carbons (Fsp3) is 0.261. The average molecular weight is 429 g/mol. The first-order valence-corrected chi connectivity index (χ1v) is 10.4. The van der Waals surface area contributed by atoms with Crippen molar-refractivity contribution in [3.05, 3.63) is 59.4 Å². The number of nitrogen functional groups attached to an aromatic ring is 1. The first-order chi connectivity index (χ1) is 15.5. The average Bonchev–Trinajstić information content (AvgIpc) is 3.39. The van der Waals surface area contributed by atoms with Crippen LogP contribution in [0, 0.1) is 11.3 Å². The van der Waals surface area contributed by atoms with E-state index in [1.54, 1.807) is 6.20 Å². The van der Waals surface area contributed by atoms with Crippen LogP contribution in [0.4, 0.5) is 5.82 Å². The quantitative estimate of drug-likeness (QED) is 0.386. The summed E-state index contributed by atoms with van der Waals surface area (Å²) in [5, 5.41) is 23.9. The largest absolute Gasteiger partial charge is 0.381 e. The minimum absolute atomic E-state index is 0.109. The van der Waals surface area contributed by atoms with Crippen LogP contribution in [0.3, 0.4) is 0 Å². The molecule has 4 rings (SSSR count). The number of aromatic amines is 1. The zero-order chi connectivity index (χ0) is 22.7. The first-order valence-electron chi connectivity index (χ1n) is 10.4. The molecule has 0 saturated heterocycles. The molecule has 3 heterocycles. The molecule has 0 fully saturated rings. The number of aryl methyl sites for hydroxylation is 1. The van der Waals surface area contributed by atoms with E-state index in [0.29, 0.717) is 47.2 Å². The molecule has 0 radical (unpaired) electrons. The van der Waals surface area contributed by atoms with E-state index in [9.17, 15) is 4.79 Å². The van der Waals surface area contributed by atoms with E-state index >= 15 is 0 Å². The summed E-state index contributed by atoms with van der Waals surface area (Å²) < 4.78 is 1.82. The fourth-order valence-electron chi connectivity index (χ4n) is 3.60. The Kier molecular flexibility index (Phi) is 5.85. The molecule has 0 aliphatic carbocycles. The van der Waals surface area contributed by atoms with Gasteiger partial charge in [0.25, 0.3) is 5.91 Å². The van der Waals surface area contributed by atoms with Gasteiger partial charge in [0.05, 0.1) is 28.5 Å².